The van der Waals surface area contributed by atoms with E-state index >= 15 is 4.39 Å². The highest BCUT2D eigenvalue weighted by Gasteiger charge is 2.31. The van der Waals surface area contributed by atoms with Crippen LogP contribution in [0.15, 0.2) is 54.6 Å². The molecule has 1 aliphatic heterocycles. The molecule has 0 saturated carbocycles. The van der Waals surface area contributed by atoms with Crippen LogP contribution in [-0.4, -0.2) is 25.3 Å². The quantitative estimate of drug-likeness (QED) is 0.332. The summed E-state index contributed by atoms with van der Waals surface area (Å²) in [6.07, 6.45) is 1.63. The maximum atomic E-state index is 15.1. The van der Waals surface area contributed by atoms with E-state index in [4.69, 9.17) is 14.2 Å². The lowest BCUT2D eigenvalue weighted by Gasteiger charge is -2.33. The number of hydrogen-bond donors (Lipinski definition) is 1. The van der Waals surface area contributed by atoms with Crippen LogP contribution in [0.3, 0.4) is 0 Å². The molecule has 1 aliphatic rings. The van der Waals surface area contributed by atoms with Crippen LogP contribution in [0.4, 0.5) is 4.39 Å². The van der Waals surface area contributed by atoms with E-state index in [2.05, 4.69) is 26.8 Å². The van der Waals surface area contributed by atoms with Crippen molar-refractivity contribution in [3.63, 3.8) is 0 Å². The van der Waals surface area contributed by atoms with Gasteiger partial charge in [0.15, 0.2) is 0 Å². The zero-order chi connectivity index (χ0) is 27.6. The minimum atomic E-state index is -0.812. The first kappa shape index (κ1) is 27.6. The Morgan fingerprint density at radius 3 is 2.50 bits per heavy atom. The molecule has 0 spiro atoms. The fourth-order valence-electron chi connectivity index (χ4n) is 5.24. The number of aliphatic carboxylic acids is 1. The highest BCUT2D eigenvalue weighted by Crippen LogP contribution is 2.44. The van der Waals surface area contributed by atoms with Gasteiger partial charge in [0.25, 0.3) is 0 Å². The molecule has 202 valence electrons. The monoisotopic (exact) mass is 520 g/mol. The van der Waals surface area contributed by atoms with Crippen LogP contribution >= 0.6 is 0 Å². The normalized spacial score (nSPS) is 16.8. The Morgan fingerprint density at radius 1 is 1.08 bits per heavy atom. The molecule has 6 heteroatoms. The van der Waals surface area contributed by atoms with E-state index in [9.17, 15) is 9.90 Å². The standard InChI is InChI=1S/C32H37FO5/c1-19(31(34)35)15-20-7-8-21-10-14-28(38-29(21)16-20)22-9-12-24(25-18-23(36-5)11-13-27(25)33)26(17-22)30(37-6)32(2,3)4/h7-9,11-13,16-19,28,30H,10,14-15H2,1-6H3,(H,34,35). The highest BCUT2D eigenvalue weighted by atomic mass is 19.1. The van der Waals surface area contributed by atoms with Crippen LogP contribution in [0.2, 0.25) is 0 Å². The topological polar surface area (TPSA) is 65.0 Å². The van der Waals surface area contributed by atoms with Gasteiger partial charge in [-0.3, -0.25) is 4.79 Å². The summed E-state index contributed by atoms with van der Waals surface area (Å²) in [4.78, 5) is 11.3. The molecule has 1 heterocycles. The maximum absolute atomic E-state index is 15.1. The molecular formula is C32H37FO5. The van der Waals surface area contributed by atoms with Gasteiger partial charge in [0.2, 0.25) is 0 Å². The Balaban J connectivity index is 1.73. The third-order valence-corrected chi connectivity index (χ3v) is 7.26. The number of hydrogen-bond acceptors (Lipinski definition) is 4. The number of aryl methyl sites for hydroxylation is 1. The number of halogens is 1. The fourth-order valence-corrected chi connectivity index (χ4v) is 5.24. The van der Waals surface area contributed by atoms with Gasteiger partial charge in [-0.05, 0) is 82.8 Å². The van der Waals surface area contributed by atoms with Crippen molar-refractivity contribution >= 4 is 5.97 Å². The summed E-state index contributed by atoms with van der Waals surface area (Å²) in [7, 11) is 3.25. The Hall–Kier alpha value is -3.38. The van der Waals surface area contributed by atoms with Crippen molar-refractivity contribution < 1.29 is 28.5 Å². The smallest absolute Gasteiger partial charge is 0.306 e. The van der Waals surface area contributed by atoms with E-state index < -0.39 is 11.9 Å². The minimum absolute atomic E-state index is 0.185. The second kappa shape index (κ2) is 11.2. The van der Waals surface area contributed by atoms with Crippen molar-refractivity contribution in [3.8, 4) is 22.6 Å². The lowest BCUT2D eigenvalue weighted by molar-refractivity contribution is -0.141. The first-order chi connectivity index (χ1) is 18.0. The number of carboxylic acids is 1. The van der Waals surface area contributed by atoms with Gasteiger partial charge < -0.3 is 19.3 Å². The van der Waals surface area contributed by atoms with Gasteiger partial charge in [-0.2, -0.15) is 0 Å². The number of rotatable bonds is 8. The average molecular weight is 521 g/mol. The number of methoxy groups -OCH3 is 2. The fraction of sp³-hybridized carbons (Fsp3) is 0.406. The van der Waals surface area contributed by atoms with Crippen LogP contribution in [-0.2, 0) is 22.4 Å². The van der Waals surface area contributed by atoms with Gasteiger partial charge in [0, 0.05) is 12.7 Å². The molecule has 0 saturated heterocycles. The molecule has 4 rings (SSSR count). The van der Waals surface area contributed by atoms with Crippen molar-refractivity contribution in [1.82, 2.24) is 0 Å². The third kappa shape index (κ3) is 5.86. The molecule has 3 atom stereocenters. The van der Waals surface area contributed by atoms with Gasteiger partial charge in [0.05, 0.1) is 19.1 Å². The van der Waals surface area contributed by atoms with Crippen molar-refractivity contribution in [2.75, 3.05) is 14.2 Å². The van der Waals surface area contributed by atoms with E-state index in [1.165, 1.54) is 6.07 Å². The predicted octanol–water partition coefficient (Wildman–Crippen LogP) is 7.56. The first-order valence-electron chi connectivity index (χ1n) is 13.0. The summed E-state index contributed by atoms with van der Waals surface area (Å²) in [6, 6.07) is 16.8. The lowest BCUT2D eigenvalue weighted by atomic mass is 9.80. The summed E-state index contributed by atoms with van der Waals surface area (Å²) in [5, 5.41) is 9.30. The van der Waals surface area contributed by atoms with E-state index in [-0.39, 0.29) is 23.4 Å². The van der Waals surface area contributed by atoms with Gasteiger partial charge in [-0.15, -0.1) is 0 Å². The van der Waals surface area contributed by atoms with Crippen molar-refractivity contribution in [2.24, 2.45) is 11.3 Å². The Labute approximate surface area is 224 Å². The molecule has 0 bridgehead atoms. The van der Waals surface area contributed by atoms with Crippen LogP contribution in [0.1, 0.15) is 68.6 Å². The first-order valence-corrected chi connectivity index (χ1v) is 13.0. The number of benzene rings is 3. The zero-order valence-corrected chi connectivity index (χ0v) is 23.0. The zero-order valence-electron chi connectivity index (χ0n) is 23.0. The molecule has 3 aromatic carbocycles. The van der Waals surface area contributed by atoms with E-state index in [0.717, 1.165) is 46.4 Å². The number of carbonyl (C=O) groups is 1. The summed E-state index contributed by atoms with van der Waals surface area (Å²) < 4.78 is 32.9. The average Bonchev–Trinajstić information content (AvgIpc) is 2.88. The Bertz CT molecular complexity index is 1310. The molecule has 0 fully saturated rings. The van der Waals surface area contributed by atoms with Crippen molar-refractivity contribution in [2.45, 2.75) is 59.2 Å². The lowest BCUT2D eigenvalue weighted by Crippen LogP contribution is -2.22. The Morgan fingerprint density at radius 2 is 1.84 bits per heavy atom. The summed E-state index contributed by atoms with van der Waals surface area (Å²) in [5.41, 5.74) is 4.92. The number of carboxylic acid groups (broad SMARTS) is 1. The third-order valence-electron chi connectivity index (χ3n) is 7.26. The van der Waals surface area contributed by atoms with Crippen molar-refractivity contribution in [1.29, 1.82) is 0 Å². The van der Waals surface area contributed by atoms with Gasteiger partial charge in [-0.25, -0.2) is 4.39 Å². The second-order valence-electron chi connectivity index (χ2n) is 11.2. The molecule has 0 amide bonds. The van der Waals surface area contributed by atoms with Crippen LogP contribution < -0.4 is 9.47 Å². The van der Waals surface area contributed by atoms with Gasteiger partial charge in [0.1, 0.15) is 23.4 Å². The van der Waals surface area contributed by atoms with Crippen LogP contribution in [0, 0.1) is 17.2 Å². The van der Waals surface area contributed by atoms with E-state index in [1.807, 2.05) is 30.3 Å². The molecule has 3 unspecified atom stereocenters. The van der Waals surface area contributed by atoms with Crippen LogP contribution in [0.5, 0.6) is 11.5 Å². The molecule has 3 aromatic rings. The summed E-state index contributed by atoms with van der Waals surface area (Å²) >= 11 is 0. The molecule has 0 radical (unpaired) electrons. The highest BCUT2D eigenvalue weighted by molar-refractivity contribution is 5.71. The number of fused-ring (bicyclic) bond motifs is 1. The minimum Gasteiger partial charge on any atom is -0.497 e. The molecule has 5 nitrogen and oxygen atoms in total. The molecule has 0 aliphatic carbocycles. The summed E-state index contributed by atoms with van der Waals surface area (Å²) in [6.45, 7) is 8.02. The van der Waals surface area contributed by atoms with Gasteiger partial charge in [-0.1, -0.05) is 52.0 Å². The SMILES string of the molecule is COc1ccc(F)c(-c2ccc(C3CCc4ccc(CC(C)C(=O)O)cc4O3)cc2C(OC)C(C)(C)C)c1. The predicted molar refractivity (Wildman–Crippen MR) is 146 cm³/mol. The molecule has 0 aromatic heterocycles. The van der Waals surface area contributed by atoms with E-state index in [1.54, 1.807) is 33.3 Å². The van der Waals surface area contributed by atoms with Gasteiger partial charge >= 0.3 is 5.97 Å². The van der Waals surface area contributed by atoms with Crippen LogP contribution in [0.25, 0.3) is 11.1 Å². The Kier molecular flexibility index (Phi) is 8.12. The van der Waals surface area contributed by atoms with E-state index in [0.29, 0.717) is 17.7 Å². The molecule has 38 heavy (non-hydrogen) atoms. The summed E-state index contributed by atoms with van der Waals surface area (Å²) in [5.74, 6) is -0.230. The molecule has 1 N–H and O–H groups in total. The maximum Gasteiger partial charge on any atom is 0.306 e. The number of ether oxygens (including phenoxy) is 3. The second-order valence-corrected chi connectivity index (χ2v) is 11.2. The largest absolute Gasteiger partial charge is 0.497 e. The van der Waals surface area contributed by atoms with Crippen molar-refractivity contribution in [3.05, 3.63) is 82.7 Å². The molecular weight excluding hydrogens is 483 g/mol.